The van der Waals surface area contributed by atoms with Crippen LogP contribution < -0.4 is 0 Å². The lowest BCUT2D eigenvalue weighted by Gasteiger charge is -2.07. The zero-order valence-corrected chi connectivity index (χ0v) is 14.7. The number of oxazole rings is 1. The van der Waals surface area contributed by atoms with Crippen molar-refractivity contribution in [2.45, 2.75) is 27.3 Å². The van der Waals surface area contributed by atoms with Crippen molar-refractivity contribution in [1.29, 1.82) is 0 Å². The highest BCUT2D eigenvalue weighted by molar-refractivity contribution is 14.1. The molecule has 22 heavy (non-hydrogen) atoms. The quantitative estimate of drug-likeness (QED) is 0.485. The molecule has 116 valence electrons. The van der Waals surface area contributed by atoms with Gasteiger partial charge in [-0.25, -0.2) is 4.98 Å². The molecule has 1 aromatic carbocycles. The second-order valence-electron chi connectivity index (χ2n) is 5.60. The predicted molar refractivity (Wildman–Crippen MR) is 90.6 cm³/mol. The summed E-state index contributed by atoms with van der Waals surface area (Å²) in [7, 11) is 0. The largest absolute Gasteiger partial charge is 0.464 e. The minimum absolute atomic E-state index is 0.0918. The van der Waals surface area contributed by atoms with Crippen molar-refractivity contribution in [3.05, 3.63) is 21.7 Å². The van der Waals surface area contributed by atoms with Crippen LogP contribution in [-0.2, 0) is 16.1 Å². The van der Waals surface area contributed by atoms with E-state index in [4.69, 9.17) is 9.15 Å². The summed E-state index contributed by atoms with van der Waals surface area (Å²) in [5.41, 5.74) is 2.34. The Morgan fingerprint density at radius 3 is 2.95 bits per heavy atom. The third-order valence-corrected chi connectivity index (χ3v) is 3.98. The number of rotatable bonds is 4. The van der Waals surface area contributed by atoms with E-state index in [1.165, 1.54) is 0 Å². The van der Waals surface area contributed by atoms with Crippen molar-refractivity contribution in [3.63, 3.8) is 0 Å². The summed E-state index contributed by atoms with van der Waals surface area (Å²) in [5.74, 6) is 0.649. The first-order valence-corrected chi connectivity index (χ1v) is 8.10. The first kappa shape index (κ1) is 15.3. The minimum atomic E-state index is -0.286. The molecule has 0 saturated heterocycles. The van der Waals surface area contributed by atoms with Gasteiger partial charge in [-0.3, -0.25) is 9.48 Å². The molecule has 0 unspecified atom stereocenters. The Labute approximate surface area is 141 Å². The van der Waals surface area contributed by atoms with Crippen molar-refractivity contribution in [2.24, 2.45) is 5.92 Å². The van der Waals surface area contributed by atoms with Crippen molar-refractivity contribution in [1.82, 2.24) is 14.8 Å². The maximum Gasteiger partial charge on any atom is 0.327 e. The van der Waals surface area contributed by atoms with Crippen LogP contribution in [0.4, 0.5) is 0 Å². The van der Waals surface area contributed by atoms with Crippen LogP contribution in [-0.4, -0.2) is 27.3 Å². The number of hydrogen-bond acceptors (Lipinski definition) is 5. The Kier molecular flexibility index (Phi) is 4.07. The molecule has 7 heteroatoms. The van der Waals surface area contributed by atoms with E-state index in [0.29, 0.717) is 18.4 Å². The van der Waals surface area contributed by atoms with Gasteiger partial charge in [0, 0.05) is 12.3 Å². The maximum atomic E-state index is 11.9. The number of fused-ring (bicyclic) bond motifs is 2. The number of aromatic nitrogens is 3. The van der Waals surface area contributed by atoms with Crippen LogP contribution in [0.1, 0.15) is 19.7 Å². The molecule has 0 spiro atoms. The van der Waals surface area contributed by atoms with Crippen molar-refractivity contribution >= 4 is 50.6 Å². The number of aryl methyl sites for hydroxylation is 1. The van der Waals surface area contributed by atoms with E-state index in [0.717, 1.165) is 25.7 Å². The fourth-order valence-electron chi connectivity index (χ4n) is 2.22. The van der Waals surface area contributed by atoms with E-state index < -0.39 is 0 Å². The van der Waals surface area contributed by atoms with E-state index in [-0.39, 0.29) is 12.5 Å². The number of carbonyl (C=O) groups excluding carboxylic acids is 1. The predicted octanol–water partition coefficient (Wildman–Crippen LogP) is 3.29. The molecule has 0 amide bonds. The van der Waals surface area contributed by atoms with Crippen molar-refractivity contribution in [3.8, 4) is 0 Å². The van der Waals surface area contributed by atoms with Gasteiger partial charge in [0.05, 0.1) is 12.1 Å². The molecule has 0 aliphatic rings. The summed E-state index contributed by atoms with van der Waals surface area (Å²) < 4.78 is 13.2. The maximum absolute atomic E-state index is 11.9. The summed E-state index contributed by atoms with van der Waals surface area (Å²) >= 11 is 2.15. The smallest absolute Gasteiger partial charge is 0.327 e. The lowest BCUT2D eigenvalue weighted by atomic mass is 10.2. The molecule has 2 heterocycles. The third-order valence-electron chi connectivity index (χ3n) is 3.18. The molecule has 0 radical (unpaired) electrons. The molecule has 0 aliphatic heterocycles. The molecule has 0 saturated carbocycles. The third kappa shape index (κ3) is 2.94. The highest BCUT2D eigenvalue weighted by Gasteiger charge is 2.15. The van der Waals surface area contributed by atoms with Crippen LogP contribution in [0.5, 0.6) is 0 Å². The molecule has 3 rings (SSSR count). The molecule has 0 aliphatic carbocycles. The van der Waals surface area contributed by atoms with Gasteiger partial charge < -0.3 is 9.15 Å². The zero-order chi connectivity index (χ0) is 15.9. The molecule has 2 aromatic heterocycles. The van der Waals surface area contributed by atoms with Gasteiger partial charge >= 0.3 is 5.97 Å². The second kappa shape index (κ2) is 5.86. The van der Waals surface area contributed by atoms with Crippen LogP contribution in [0.3, 0.4) is 0 Å². The number of nitrogens with zero attached hydrogens (tertiary/aromatic N) is 3. The summed E-state index contributed by atoms with van der Waals surface area (Å²) in [4.78, 5) is 16.2. The lowest BCUT2D eigenvalue weighted by molar-refractivity contribution is -0.145. The summed E-state index contributed by atoms with van der Waals surface area (Å²) in [6, 6.07) is 3.81. The number of benzene rings is 1. The van der Waals surface area contributed by atoms with Gasteiger partial charge in [-0.15, -0.1) is 0 Å². The number of ether oxygens (including phenoxy) is 1. The fourth-order valence-corrected chi connectivity index (χ4v) is 2.91. The van der Waals surface area contributed by atoms with E-state index in [1.54, 1.807) is 4.68 Å². The average molecular weight is 413 g/mol. The van der Waals surface area contributed by atoms with Crippen LogP contribution in [0.2, 0.25) is 0 Å². The Bertz CT molecular complexity index is 851. The molecule has 3 aromatic rings. The Balaban J connectivity index is 1.95. The fraction of sp³-hybridized carbons (Fsp3) is 0.400. The number of carbonyl (C=O) groups is 1. The van der Waals surface area contributed by atoms with Gasteiger partial charge in [-0.1, -0.05) is 13.8 Å². The van der Waals surface area contributed by atoms with Crippen LogP contribution in [0, 0.1) is 16.5 Å². The molecule has 0 atom stereocenters. The normalized spacial score (nSPS) is 11.7. The molecule has 0 fully saturated rings. The summed E-state index contributed by atoms with van der Waals surface area (Å²) in [6.07, 6.45) is 0. The van der Waals surface area contributed by atoms with Gasteiger partial charge in [-0.05, 0) is 40.6 Å². The standard InChI is InChI=1S/C15H16IN3O3/c1-8(2)7-21-14(20)6-19-12-5-11-13(22-9(3)17-11)4-10(12)15(16)18-19/h4-5,8H,6-7H2,1-3H3. The number of halogens is 1. The van der Waals surface area contributed by atoms with Crippen LogP contribution >= 0.6 is 22.6 Å². The molecular weight excluding hydrogens is 397 g/mol. The first-order valence-electron chi connectivity index (χ1n) is 7.03. The van der Waals surface area contributed by atoms with E-state index in [9.17, 15) is 4.79 Å². The Hall–Kier alpha value is -1.64. The molecule has 0 bridgehead atoms. The topological polar surface area (TPSA) is 70.2 Å². The zero-order valence-electron chi connectivity index (χ0n) is 12.6. The first-order chi connectivity index (χ1) is 10.4. The van der Waals surface area contributed by atoms with Crippen molar-refractivity contribution in [2.75, 3.05) is 6.61 Å². The van der Waals surface area contributed by atoms with Gasteiger partial charge in [-0.2, -0.15) is 5.10 Å². The lowest BCUT2D eigenvalue weighted by Crippen LogP contribution is -2.17. The molecule has 0 N–H and O–H groups in total. The molecular formula is C15H16IN3O3. The SMILES string of the molecule is Cc1nc2cc3c(cc2o1)c(I)nn3CC(=O)OCC(C)C. The minimum Gasteiger partial charge on any atom is -0.464 e. The highest BCUT2D eigenvalue weighted by Crippen LogP contribution is 2.26. The highest BCUT2D eigenvalue weighted by atomic mass is 127. The van der Waals surface area contributed by atoms with Gasteiger partial charge in [0.2, 0.25) is 0 Å². The van der Waals surface area contributed by atoms with Gasteiger partial charge in [0.1, 0.15) is 15.8 Å². The second-order valence-corrected chi connectivity index (χ2v) is 6.62. The number of hydrogen-bond donors (Lipinski definition) is 0. The van der Waals surface area contributed by atoms with Crippen LogP contribution in [0.15, 0.2) is 16.5 Å². The Morgan fingerprint density at radius 2 is 2.23 bits per heavy atom. The Morgan fingerprint density at radius 1 is 1.45 bits per heavy atom. The monoisotopic (exact) mass is 413 g/mol. The summed E-state index contributed by atoms with van der Waals surface area (Å²) in [5, 5.41) is 5.36. The van der Waals surface area contributed by atoms with Crippen molar-refractivity contribution < 1.29 is 13.9 Å². The summed E-state index contributed by atoms with van der Waals surface area (Å²) in [6.45, 7) is 6.33. The van der Waals surface area contributed by atoms with Crippen LogP contribution in [0.25, 0.3) is 22.0 Å². The van der Waals surface area contributed by atoms with Gasteiger partial charge in [0.15, 0.2) is 11.5 Å². The van der Waals surface area contributed by atoms with E-state index in [1.807, 2.05) is 32.9 Å². The number of esters is 1. The van der Waals surface area contributed by atoms with E-state index >= 15 is 0 Å². The van der Waals surface area contributed by atoms with Gasteiger partial charge in [0.25, 0.3) is 0 Å². The average Bonchev–Trinajstić information content (AvgIpc) is 2.94. The van der Waals surface area contributed by atoms with E-state index in [2.05, 4.69) is 32.7 Å². The molecule has 6 nitrogen and oxygen atoms in total.